The average Bonchev–Trinajstić information content (AvgIpc) is 2.72. The summed E-state index contributed by atoms with van der Waals surface area (Å²) in [6.07, 6.45) is 1.15. The monoisotopic (exact) mass is 441 g/mol. The Labute approximate surface area is 171 Å². The average molecular weight is 442 g/mol. The first-order chi connectivity index (χ1) is 13.8. The van der Waals surface area contributed by atoms with E-state index in [-0.39, 0.29) is 23.0 Å². The lowest BCUT2D eigenvalue weighted by molar-refractivity contribution is 0.0730. The van der Waals surface area contributed by atoms with Crippen molar-refractivity contribution in [2.75, 3.05) is 45.8 Å². The maximum atomic E-state index is 12.6. The Morgan fingerprint density at radius 3 is 1.69 bits per heavy atom. The highest BCUT2D eigenvalue weighted by Gasteiger charge is 2.26. The fourth-order valence-corrected chi connectivity index (χ4v) is 4.78. The van der Waals surface area contributed by atoms with Crippen LogP contribution in [0.5, 0.6) is 11.5 Å². The lowest BCUT2D eigenvalue weighted by Gasteiger charge is -2.26. The van der Waals surface area contributed by atoms with E-state index in [1.54, 1.807) is 24.3 Å². The number of ether oxygens (including phenoxy) is 3. The van der Waals surface area contributed by atoms with E-state index in [1.807, 2.05) is 0 Å². The smallest absolute Gasteiger partial charge is 0.243 e. The molecule has 0 unspecified atom stereocenters. The molecule has 1 aliphatic rings. The summed E-state index contributed by atoms with van der Waals surface area (Å²) in [6.45, 7) is 2.01. The van der Waals surface area contributed by atoms with Crippen molar-refractivity contribution in [3.8, 4) is 11.5 Å². The number of benzene rings is 2. The molecule has 0 N–H and O–H groups in total. The van der Waals surface area contributed by atoms with Crippen LogP contribution in [0, 0.1) is 0 Å². The van der Waals surface area contributed by atoms with Gasteiger partial charge in [0.05, 0.1) is 23.0 Å². The van der Waals surface area contributed by atoms with Crippen molar-refractivity contribution in [1.82, 2.24) is 4.31 Å². The second-order valence-corrected chi connectivity index (χ2v) is 10.4. The molecule has 10 heteroatoms. The van der Waals surface area contributed by atoms with E-state index in [0.717, 1.165) is 6.26 Å². The zero-order valence-electron chi connectivity index (χ0n) is 16.0. The topological polar surface area (TPSA) is 99.2 Å². The summed E-state index contributed by atoms with van der Waals surface area (Å²) >= 11 is 0. The van der Waals surface area contributed by atoms with E-state index >= 15 is 0 Å². The summed E-state index contributed by atoms with van der Waals surface area (Å²) < 4.78 is 65.7. The second kappa shape index (κ2) is 9.12. The molecule has 0 bridgehead atoms. The number of sulfone groups is 1. The van der Waals surface area contributed by atoms with Crippen LogP contribution in [0.2, 0.25) is 0 Å². The number of sulfonamides is 1. The minimum atomic E-state index is -3.52. The standard InChI is InChI=1S/C19H23NO7S2/c1-28(21,22)18-6-2-16(3-7-18)26-14-15-27-17-4-8-19(9-5-17)29(23,24)20-10-12-25-13-11-20/h2-9H,10-15H2,1H3. The summed E-state index contributed by atoms with van der Waals surface area (Å²) in [5.41, 5.74) is 0. The first-order valence-electron chi connectivity index (χ1n) is 9.00. The van der Waals surface area contributed by atoms with Gasteiger partial charge in [0.1, 0.15) is 24.7 Å². The third kappa shape index (κ3) is 5.69. The molecule has 8 nitrogen and oxygen atoms in total. The van der Waals surface area contributed by atoms with Crippen LogP contribution >= 0.6 is 0 Å². The first kappa shape index (κ1) is 21.6. The van der Waals surface area contributed by atoms with Crippen LogP contribution < -0.4 is 9.47 Å². The van der Waals surface area contributed by atoms with Crippen molar-refractivity contribution in [2.24, 2.45) is 0 Å². The van der Waals surface area contributed by atoms with Crippen LogP contribution in [0.4, 0.5) is 0 Å². The fourth-order valence-electron chi connectivity index (χ4n) is 2.75. The van der Waals surface area contributed by atoms with E-state index in [2.05, 4.69) is 0 Å². The van der Waals surface area contributed by atoms with E-state index in [1.165, 1.54) is 28.6 Å². The van der Waals surface area contributed by atoms with Gasteiger partial charge in [0.15, 0.2) is 9.84 Å². The highest BCUT2D eigenvalue weighted by molar-refractivity contribution is 7.90. The zero-order chi connectivity index (χ0) is 20.9. The Morgan fingerprint density at radius 1 is 0.793 bits per heavy atom. The van der Waals surface area contributed by atoms with Gasteiger partial charge in [0.2, 0.25) is 10.0 Å². The Morgan fingerprint density at radius 2 is 1.24 bits per heavy atom. The number of rotatable bonds is 8. The zero-order valence-corrected chi connectivity index (χ0v) is 17.6. The van der Waals surface area contributed by atoms with Gasteiger partial charge < -0.3 is 14.2 Å². The molecule has 29 heavy (non-hydrogen) atoms. The summed E-state index contributed by atoms with van der Waals surface area (Å²) in [5.74, 6) is 1.06. The minimum Gasteiger partial charge on any atom is -0.490 e. The molecule has 0 aromatic heterocycles. The largest absolute Gasteiger partial charge is 0.490 e. The molecule has 0 atom stereocenters. The van der Waals surface area contributed by atoms with Gasteiger partial charge in [0.25, 0.3) is 0 Å². The van der Waals surface area contributed by atoms with Crippen molar-refractivity contribution in [2.45, 2.75) is 9.79 Å². The van der Waals surface area contributed by atoms with Crippen LogP contribution in [0.15, 0.2) is 58.3 Å². The second-order valence-electron chi connectivity index (χ2n) is 6.43. The van der Waals surface area contributed by atoms with Gasteiger partial charge in [-0.3, -0.25) is 0 Å². The van der Waals surface area contributed by atoms with Gasteiger partial charge in [-0.25, -0.2) is 16.8 Å². The maximum absolute atomic E-state index is 12.6. The molecular formula is C19H23NO7S2. The molecule has 1 fully saturated rings. The molecule has 1 saturated heterocycles. The van der Waals surface area contributed by atoms with Crippen LogP contribution in [-0.2, 0) is 24.6 Å². The van der Waals surface area contributed by atoms with Crippen LogP contribution in [0.1, 0.15) is 0 Å². The van der Waals surface area contributed by atoms with Crippen molar-refractivity contribution in [1.29, 1.82) is 0 Å². The molecule has 0 aliphatic carbocycles. The first-order valence-corrected chi connectivity index (χ1v) is 12.3. The molecular weight excluding hydrogens is 418 g/mol. The van der Waals surface area contributed by atoms with Gasteiger partial charge in [-0.05, 0) is 48.5 Å². The van der Waals surface area contributed by atoms with Crippen LogP contribution in [0.25, 0.3) is 0 Å². The van der Waals surface area contributed by atoms with E-state index in [9.17, 15) is 16.8 Å². The maximum Gasteiger partial charge on any atom is 0.243 e. The Kier molecular flexibility index (Phi) is 6.78. The Balaban J connectivity index is 1.49. The summed E-state index contributed by atoms with van der Waals surface area (Å²) in [7, 11) is -6.76. The molecule has 2 aromatic carbocycles. The lowest BCUT2D eigenvalue weighted by atomic mass is 10.3. The van der Waals surface area contributed by atoms with Crippen molar-refractivity contribution in [3.63, 3.8) is 0 Å². The third-order valence-corrected chi connectivity index (χ3v) is 7.35. The van der Waals surface area contributed by atoms with Crippen LogP contribution in [0.3, 0.4) is 0 Å². The lowest BCUT2D eigenvalue weighted by Crippen LogP contribution is -2.40. The summed E-state index contributed by atoms with van der Waals surface area (Å²) in [4.78, 5) is 0.446. The number of nitrogens with zero attached hydrogens (tertiary/aromatic N) is 1. The van der Waals surface area contributed by atoms with Crippen molar-refractivity contribution >= 4 is 19.9 Å². The van der Waals surface area contributed by atoms with E-state index < -0.39 is 19.9 Å². The molecule has 0 radical (unpaired) electrons. The minimum absolute atomic E-state index is 0.217. The third-order valence-electron chi connectivity index (χ3n) is 4.30. The molecule has 0 saturated carbocycles. The van der Waals surface area contributed by atoms with Crippen molar-refractivity contribution in [3.05, 3.63) is 48.5 Å². The van der Waals surface area contributed by atoms with Crippen LogP contribution in [-0.4, -0.2) is 66.9 Å². The number of hydrogen-bond donors (Lipinski definition) is 0. The number of morpholine rings is 1. The van der Waals surface area contributed by atoms with E-state index in [4.69, 9.17) is 14.2 Å². The van der Waals surface area contributed by atoms with Crippen molar-refractivity contribution < 1.29 is 31.0 Å². The van der Waals surface area contributed by atoms with Gasteiger partial charge in [-0.1, -0.05) is 0 Å². The normalized spacial score (nSPS) is 15.8. The van der Waals surface area contributed by atoms with Gasteiger partial charge in [-0.2, -0.15) is 4.31 Å². The highest BCUT2D eigenvalue weighted by atomic mass is 32.2. The van der Waals surface area contributed by atoms with Gasteiger partial charge >= 0.3 is 0 Å². The summed E-state index contributed by atoms with van der Waals surface area (Å²) in [6, 6.07) is 12.4. The molecule has 0 amide bonds. The van der Waals surface area contributed by atoms with Gasteiger partial charge in [-0.15, -0.1) is 0 Å². The fraction of sp³-hybridized carbons (Fsp3) is 0.368. The van der Waals surface area contributed by atoms with E-state index in [0.29, 0.717) is 37.8 Å². The molecule has 2 aromatic rings. The molecule has 0 spiro atoms. The quantitative estimate of drug-likeness (QED) is 0.573. The molecule has 1 heterocycles. The number of hydrogen-bond acceptors (Lipinski definition) is 7. The Bertz CT molecular complexity index is 1010. The SMILES string of the molecule is CS(=O)(=O)c1ccc(OCCOc2ccc(S(=O)(=O)N3CCOCC3)cc2)cc1. The molecule has 3 rings (SSSR count). The Hall–Kier alpha value is -2.14. The predicted molar refractivity (Wildman–Crippen MR) is 107 cm³/mol. The molecule has 158 valence electrons. The molecule has 1 aliphatic heterocycles. The predicted octanol–water partition coefficient (Wildman–Crippen LogP) is 1.57. The highest BCUT2D eigenvalue weighted by Crippen LogP contribution is 2.21. The summed E-state index contributed by atoms with van der Waals surface area (Å²) in [5, 5.41) is 0. The van der Waals surface area contributed by atoms with Gasteiger partial charge in [0, 0.05) is 19.3 Å².